The summed E-state index contributed by atoms with van der Waals surface area (Å²) in [5.41, 5.74) is -1.49. The molecule has 0 spiro atoms. The van der Waals surface area contributed by atoms with Gasteiger partial charge in [0.15, 0.2) is 17.0 Å². The Labute approximate surface area is 89.5 Å². The molecule has 4 nitrogen and oxygen atoms in total. The minimum Gasteiger partial charge on any atom is -0.298 e. The molecule has 0 heterocycles. The van der Waals surface area contributed by atoms with E-state index in [-0.39, 0.29) is 6.42 Å². The van der Waals surface area contributed by atoms with E-state index in [1.54, 1.807) is 0 Å². The number of Topliss-reactive ketones (excluding diaryl/α,β-unsaturated/α-hetero) is 2. The van der Waals surface area contributed by atoms with Crippen molar-refractivity contribution in [2.45, 2.75) is 39.5 Å². The third-order valence-electron chi connectivity index (χ3n) is 2.48. The normalized spacial score (nSPS) is 10.1. The first-order valence-electron chi connectivity index (χ1n) is 4.81. The van der Waals surface area contributed by atoms with Gasteiger partial charge in [-0.15, -0.1) is 0 Å². The van der Waals surface area contributed by atoms with Crippen LogP contribution < -0.4 is 0 Å². The molecule has 0 N–H and O–H groups in total. The molecule has 15 heavy (non-hydrogen) atoms. The molecular weight excluding hydrogens is 192 g/mol. The zero-order valence-electron chi connectivity index (χ0n) is 9.04. The Balaban J connectivity index is 4.55. The lowest BCUT2D eigenvalue weighted by Crippen LogP contribution is -2.35. The summed E-state index contributed by atoms with van der Waals surface area (Å²) in [4.78, 5) is 22.6. The number of carbonyl (C=O) groups is 2. The lowest BCUT2D eigenvalue weighted by Gasteiger charge is -2.19. The molecule has 0 amide bonds. The van der Waals surface area contributed by atoms with E-state index in [0.29, 0.717) is 19.3 Å². The Hall–Kier alpha value is -1.68. The van der Waals surface area contributed by atoms with Crippen LogP contribution in [0.2, 0.25) is 0 Å². The van der Waals surface area contributed by atoms with E-state index in [4.69, 9.17) is 10.5 Å². The Morgan fingerprint density at radius 2 is 1.67 bits per heavy atom. The molecule has 80 valence electrons. The SMILES string of the molecule is CC(=O)C(C#N)(CCCCC#N)C(C)=O. The third-order valence-corrected chi connectivity index (χ3v) is 2.48. The summed E-state index contributed by atoms with van der Waals surface area (Å²) in [6, 6.07) is 3.79. The minimum absolute atomic E-state index is 0.218. The van der Waals surface area contributed by atoms with E-state index in [0.717, 1.165) is 0 Å². The van der Waals surface area contributed by atoms with Crippen LogP contribution in [-0.4, -0.2) is 11.6 Å². The highest BCUT2D eigenvalue weighted by atomic mass is 16.2. The van der Waals surface area contributed by atoms with Crippen LogP contribution in [0, 0.1) is 28.1 Å². The highest BCUT2D eigenvalue weighted by Crippen LogP contribution is 2.26. The molecule has 0 aromatic rings. The largest absolute Gasteiger partial charge is 0.298 e. The Morgan fingerprint density at radius 1 is 1.13 bits per heavy atom. The lowest BCUT2D eigenvalue weighted by atomic mass is 9.77. The van der Waals surface area contributed by atoms with Crippen molar-refractivity contribution >= 4 is 11.6 Å². The van der Waals surface area contributed by atoms with Gasteiger partial charge in [-0.1, -0.05) is 0 Å². The molecule has 0 aliphatic rings. The van der Waals surface area contributed by atoms with Gasteiger partial charge in [0, 0.05) is 6.42 Å². The highest BCUT2D eigenvalue weighted by molar-refractivity contribution is 6.07. The van der Waals surface area contributed by atoms with E-state index >= 15 is 0 Å². The fourth-order valence-electron chi connectivity index (χ4n) is 1.41. The monoisotopic (exact) mass is 206 g/mol. The van der Waals surface area contributed by atoms with Gasteiger partial charge in [-0.3, -0.25) is 9.59 Å². The van der Waals surface area contributed by atoms with Crippen LogP contribution in [0.15, 0.2) is 0 Å². The molecule has 0 aromatic carbocycles. The molecule has 0 radical (unpaired) electrons. The van der Waals surface area contributed by atoms with Gasteiger partial charge in [-0.25, -0.2) is 0 Å². The molecule has 0 fully saturated rings. The van der Waals surface area contributed by atoms with Gasteiger partial charge in [-0.05, 0) is 33.1 Å². The number of nitrogens with zero attached hydrogens (tertiary/aromatic N) is 2. The highest BCUT2D eigenvalue weighted by Gasteiger charge is 2.40. The molecule has 0 atom stereocenters. The Kier molecular flexibility index (Phi) is 5.26. The number of hydrogen-bond acceptors (Lipinski definition) is 4. The molecule has 0 aliphatic carbocycles. The first-order chi connectivity index (χ1) is 7.01. The van der Waals surface area contributed by atoms with Crippen LogP contribution in [0.1, 0.15) is 39.5 Å². The van der Waals surface area contributed by atoms with Gasteiger partial charge in [0.25, 0.3) is 0 Å². The predicted octanol–water partition coefficient (Wildman–Crippen LogP) is 1.76. The van der Waals surface area contributed by atoms with Gasteiger partial charge in [0.1, 0.15) is 0 Å². The van der Waals surface area contributed by atoms with E-state index in [1.165, 1.54) is 13.8 Å². The number of hydrogen-bond donors (Lipinski definition) is 0. The molecule has 0 rings (SSSR count). The van der Waals surface area contributed by atoms with Crippen molar-refractivity contribution in [3.05, 3.63) is 0 Å². The average Bonchev–Trinajstić information content (AvgIpc) is 2.17. The maximum absolute atomic E-state index is 11.3. The number of ketones is 2. The molecule has 0 saturated heterocycles. The lowest BCUT2D eigenvalue weighted by molar-refractivity contribution is -0.135. The maximum Gasteiger partial charge on any atom is 0.173 e. The van der Waals surface area contributed by atoms with E-state index < -0.39 is 17.0 Å². The minimum atomic E-state index is -1.49. The van der Waals surface area contributed by atoms with Crippen LogP contribution in [0.25, 0.3) is 0 Å². The topological polar surface area (TPSA) is 81.7 Å². The van der Waals surface area contributed by atoms with Crippen LogP contribution in [0.4, 0.5) is 0 Å². The number of nitriles is 2. The second-order valence-electron chi connectivity index (χ2n) is 3.49. The fraction of sp³-hybridized carbons (Fsp3) is 0.636. The van der Waals surface area contributed by atoms with Crippen molar-refractivity contribution in [2.75, 3.05) is 0 Å². The zero-order valence-corrected chi connectivity index (χ0v) is 9.04. The molecule has 0 unspecified atom stereocenters. The summed E-state index contributed by atoms with van der Waals surface area (Å²) in [5, 5.41) is 17.2. The molecule has 0 aliphatic heterocycles. The second-order valence-corrected chi connectivity index (χ2v) is 3.49. The summed E-state index contributed by atoms with van der Waals surface area (Å²) >= 11 is 0. The molecule has 0 saturated carbocycles. The second kappa shape index (κ2) is 5.93. The van der Waals surface area contributed by atoms with Crippen molar-refractivity contribution < 1.29 is 9.59 Å². The fourth-order valence-corrected chi connectivity index (χ4v) is 1.41. The van der Waals surface area contributed by atoms with Crippen molar-refractivity contribution in [2.24, 2.45) is 5.41 Å². The van der Waals surface area contributed by atoms with Crippen molar-refractivity contribution in [3.63, 3.8) is 0 Å². The summed E-state index contributed by atoms with van der Waals surface area (Å²) in [6.07, 6.45) is 1.76. The smallest absolute Gasteiger partial charge is 0.173 e. The van der Waals surface area contributed by atoms with Crippen LogP contribution in [0.5, 0.6) is 0 Å². The van der Waals surface area contributed by atoms with Gasteiger partial charge < -0.3 is 0 Å². The molecular formula is C11H14N2O2. The van der Waals surface area contributed by atoms with Crippen LogP contribution >= 0.6 is 0 Å². The van der Waals surface area contributed by atoms with Crippen LogP contribution in [0.3, 0.4) is 0 Å². The molecule has 4 heteroatoms. The standard InChI is InChI=1S/C11H14N2O2/c1-9(14)11(8-13,10(2)15)6-4-3-5-7-12/h3-6H2,1-2H3. The van der Waals surface area contributed by atoms with Crippen molar-refractivity contribution in [1.29, 1.82) is 10.5 Å². The summed E-state index contributed by atoms with van der Waals surface area (Å²) in [7, 11) is 0. The molecule has 0 bridgehead atoms. The summed E-state index contributed by atoms with van der Waals surface area (Å²) < 4.78 is 0. The van der Waals surface area contributed by atoms with Crippen molar-refractivity contribution in [3.8, 4) is 12.1 Å². The first kappa shape index (κ1) is 13.3. The zero-order chi connectivity index (χ0) is 11.9. The van der Waals surface area contributed by atoms with Gasteiger partial charge in [0.2, 0.25) is 0 Å². The quantitative estimate of drug-likeness (QED) is 0.489. The Morgan fingerprint density at radius 3 is 2.00 bits per heavy atom. The van der Waals surface area contributed by atoms with Gasteiger partial charge >= 0.3 is 0 Å². The maximum atomic E-state index is 11.3. The molecule has 0 aromatic heterocycles. The number of carbonyl (C=O) groups excluding carboxylic acids is 2. The van der Waals surface area contributed by atoms with E-state index in [1.807, 2.05) is 12.1 Å². The number of unbranched alkanes of at least 4 members (excludes halogenated alkanes) is 2. The van der Waals surface area contributed by atoms with Gasteiger partial charge in [-0.2, -0.15) is 10.5 Å². The average molecular weight is 206 g/mol. The van der Waals surface area contributed by atoms with E-state index in [9.17, 15) is 9.59 Å². The van der Waals surface area contributed by atoms with Crippen molar-refractivity contribution in [1.82, 2.24) is 0 Å². The van der Waals surface area contributed by atoms with E-state index in [2.05, 4.69) is 0 Å². The van der Waals surface area contributed by atoms with Gasteiger partial charge in [0.05, 0.1) is 12.1 Å². The third kappa shape index (κ3) is 3.18. The summed E-state index contributed by atoms with van der Waals surface area (Å²) in [5.74, 6) is -0.816. The number of rotatable bonds is 6. The first-order valence-corrected chi connectivity index (χ1v) is 4.81. The Bertz CT molecular complexity index is 319. The van der Waals surface area contributed by atoms with Crippen LogP contribution in [-0.2, 0) is 9.59 Å². The summed E-state index contributed by atoms with van der Waals surface area (Å²) in [6.45, 7) is 2.52. The predicted molar refractivity (Wildman–Crippen MR) is 53.5 cm³/mol.